The summed E-state index contributed by atoms with van der Waals surface area (Å²) >= 11 is 0. The van der Waals surface area contributed by atoms with Gasteiger partial charge < -0.3 is 15.0 Å². The molecule has 0 radical (unpaired) electrons. The Kier molecular flexibility index (Phi) is 10.1. The largest absolute Gasteiger partial charge is 0.497 e. The van der Waals surface area contributed by atoms with Gasteiger partial charge in [-0.1, -0.05) is 50.6 Å². The highest BCUT2D eigenvalue weighted by molar-refractivity contribution is 7.92. The number of nitrogens with one attached hydrogen (secondary N) is 1. The topological polar surface area (TPSA) is 96.0 Å². The highest BCUT2D eigenvalue weighted by atomic mass is 32.2. The maximum Gasteiger partial charge on any atom is 0.244 e. The number of aryl methyl sites for hydroxylation is 1. The number of carbonyl (C=O) groups is 2. The van der Waals surface area contributed by atoms with Gasteiger partial charge in [0.15, 0.2) is 0 Å². The van der Waals surface area contributed by atoms with Crippen LogP contribution in [0.1, 0.15) is 38.3 Å². The van der Waals surface area contributed by atoms with Gasteiger partial charge in [0.05, 0.1) is 19.1 Å². The highest BCUT2D eigenvalue weighted by Crippen LogP contribution is 2.22. The maximum absolute atomic E-state index is 13.6. The van der Waals surface area contributed by atoms with Crippen LogP contribution in [0.15, 0.2) is 48.5 Å². The van der Waals surface area contributed by atoms with Gasteiger partial charge in [-0.25, -0.2) is 8.42 Å². The van der Waals surface area contributed by atoms with E-state index in [4.69, 9.17) is 4.74 Å². The number of carbonyl (C=O) groups excluding carboxylic acids is 2. The van der Waals surface area contributed by atoms with Gasteiger partial charge in [-0.3, -0.25) is 13.9 Å². The van der Waals surface area contributed by atoms with E-state index in [0.29, 0.717) is 24.4 Å². The molecular weight excluding hydrogens is 466 g/mol. The molecule has 2 aromatic carbocycles. The summed E-state index contributed by atoms with van der Waals surface area (Å²) in [7, 11) is -2.26. The number of benzene rings is 2. The molecule has 0 saturated carbocycles. The van der Waals surface area contributed by atoms with Crippen molar-refractivity contribution < 1.29 is 22.7 Å². The first kappa shape index (κ1) is 28.2. The fourth-order valence-corrected chi connectivity index (χ4v) is 4.56. The first-order valence-electron chi connectivity index (χ1n) is 11.7. The molecular formula is C26H37N3O5S. The Morgan fingerprint density at radius 2 is 1.74 bits per heavy atom. The van der Waals surface area contributed by atoms with Crippen molar-refractivity contribution in [3.05, 3.63) is 59.7 Å². The van der Waals surface area contributed by atoms with Gasteiger partial charge in [0.25, 0.3) is 0 Å². The lowest BCUT2D eigenvalue weighted by molar-refractivity contribution is -0.140. The summed E-state index contributed by atoms with van der Waals surface area (Å²) in [5, 5.41) is 2.91. The van der Waals surface area contributed by atoms with Gasteiger partial charge in [-0.2, -0.15) is 0 Å². The third-order valence-corrected chi connectivity index (χ3v) is 6.69. The summed E-state index contributed by atoms with van der Waals surface area (Å²) in [6.07, 6.45) is 1.45. The first-order chi connectivity index (χ1) is 16.5. The summed E-state index contributed by atoms with van der Waals surface area (Å²) in [5.41, 5.74) is 2.24. The van der Waals surface area contributed by atoms with Crippen molar-refractivity contribution in [1.29, 1.82) is 0 Å². The summed E-state index contributed by atoms with van der Waals surface area (Å²) in [6.45, 7) is 8.04. The van der Waals surface area contributed by atoms with Gasteiger partial charge in [0, 0.05) is 13.1 Å². The molecule has 0 aromatic heterocycles. The predicted octanol–water partition coefficient (Wildman–Crippen LogP) is 3.35. The Labute approximate surface area is 209 Å². The highest BCUT2D eigenvalue weighted by Gasteiger charge is 2.31. The van der Waals surface area contributed by atoms with Crippen LogP contribution >= 0.6 is 0 Å². The normalized spacial score (nSPS) is 12.2. The summed E-state index contributed by atoms with van der Waals surface area (Å²) in [5.74, 6) is 0.118. The van der Waals surface area contributed by atoms with Crippen LogP contribution in [0.2, 0.25) is 0 Å². The molecule has 0 bridgehead atoms. The molecule has 9 heteroatoms. The molecule has 0 aliphatic carbocycles. The number of methoxy groups -OCH3 is 1. The van der Waals surface area contributed by atoms with Gasteiger partial charge in [-0.15, -0.1) is 0 Å². The third-order valence-electron chi connectivity index (χ3n) is 5.55. The van der Waals surface area contributed by atoms with E-state index >= 15 is 0 Å². The van der Waals surface area contributed by atoms with Gasteiger partial charge in [-0.05, 0) is 49.1 Å². The first-order valence-corrected chi connectivity index (χ1v) is 13.6. The number of ether oxygens (including phenoxy) is 1. The number of amides is 2. The standard InChI is InChI=1S/C26H37N3O5S/c1-7-24(26(31)27-16-19(2)3)28(17-21-10-8-9-20(4)15-21)25(30)18-29(35(6,32)33)22-11-13-23(34-5)14-12-22/h8-15,19,24H,7,16-18H2,1-6H3,(H,27,31). The van der Waals surface area contributed by atoms with Crippen molar-refractivity contribution in [2.24, 2.45) is 5.92 Å². The van der Waals surface area contributed by atoms with E-state index in [9.17, 15) is 18.0 Å². The van der Waals surface area contributed by atoms with E-state index < -0.39 is 28.5 Å². The Hall–Kier alpha value is -3.07. The van der Waals surface area contributed by atoms with Crippen LogP contribution < -0.4 is 14.4 Å². The predicted molar refractivity (Wildman–Crippen MR) is 139 cm³/mol. The molecule has 0 spiro atoms. The van der Waals surface area contributed by atoms with E-state index in [-0.39, 0.29) is 18.4 Å². The Bertz CT molecular complexity index is 1100. The molecule has 2 aromatic rings. The molecule has 0 heterocycles. The summed E-state index contributed by atoms with van der Waals surface area (Å²) in [4.78, 5) is 28.2. The van der Waals surface area contributed by atoms with Crippen LogP contribution in [0, 0.1) is 12.8 Å². The van der Waals surface area contributed by atoms with E-state index in [1.807, 2.05) is 52.0 Å². The zero-order chi connectivity index (χ0) is 26.2. The van der Waals surface area contributed by atoms with Crippen molar-refractivity contribution in [3.8, 4) is 5.75 Å². The minimum atomic E-state index is -3.78. The second-order valence-corrected chi connectivity index (χ2v) is 10.9. The number of sulfonamides is 1. The van der Waals surface area contributed by atoms with E-state index in [1.165, 1.54) is 12.0 Å². The van der Waals surface area contributed by atoms with E-state index in [1.54, 1.807) is 24.3 Å². The molecule has 2 rings (SSSR count). The average molecular weight is 504 g/mol. The number of anilines is 1. The number of rotatable bonds is 12. The quantitative estimate of drug-likeness (QED) is 0.479. The average Bonchev–Trinajstić information content (AvgIpc) is 2.80. The molecule has 0 aliphatic heterocycles. The SMILES string of the molecule is CCC(C(=O)NCC(C)C)N(Cc1cccc(C)c1)C(=O)CN(c1ccc(OC)cc1)S(C)(=O)=O. The van der Waals surface area contributed by atoms with Crippen molar-refractivity contribution in [1.82, 2.24) is 10.2 Å². The molecule has 8 nitrogen and oxygen atoms in total. The molecule has 0 aliphatic rings. The monoisotopic (exact) mass is 503 g/mol. The van der Waals surface area contributed by atoms with Gasteiger partial charge in [0.1, 0.15) is 18.3 Å². The van der Waals surface area contributed by atoms with E-state index in [2.05, 4.69) is 5.32 Å². The smallest absolute Gasteiger partial charge is 0.244 e. The molecule has 0 fully saturated rings. The van der Waals surface area contributed by atoms with Gasteiger partial charge in [0.2, 0.25) is 21.8 Å². The fraction of sp³-hybridized carbons (Fsp3) is 0.462. The maximum atomic E-state index is 13.6. The van der Waals surface area contributed by atoms with Crippen LogP contribution in [-0.2, 0) is 26.2 Å². The van der Waals surface area contributed by atoms with Crippen molar-refractivity contribution >= 4 is 27.5 Å². The van der Waals surface area contributed by atoms with Crippen LogP contribution in [0.25, 0.3) is 0 Å². The Morgan fingerprint density at radius 3 is 2.26 bits per heavy atom. The summed E-state index contributed by atoms with van der Waals surface area (Å²) < 4.78 is 31.5. The zero-order valence-electron chi connectivity index (χ0n) is 21.4. The molecule has 0 saturated heterocycles. The van der Waals surface area contributed by atoms with Crippen LogP contribution in [-0.4, -0.2) is 57.6 Å². The lowest BCUT2D eigenvalue weighted by Crippen LogP contribution is -2.52. The molecule has 1 atom stereocenters. The summed E-state index contributed by atoms with van der Waals surface area (Å²) in [6, 6.07) is 13.4. The number of hydrogen-bond acceptors (Lipinski definition) is 5. The minimum Gasteiger partial charge on any atom is -0.497 e. The number of hydrogen-bond donors (Lipinski definition) is 1. The Morgan fingerprint density at radius 1 is 1.09 bits per heavy atom. The second-order valence-electron chi connectivity index (χ2n) is 9.04. The van der Waals surface area contributed by atoms with Gasteiger partial charge >= 0.3 is 0 Å². The molecule has 35 heavy (non-hydrogen) atoms. The molecule has 1 unspecified atom stereocenters. The molecule has 2 amide bonds. The molecule has 192 valence electrons. The van der Waals surface area contributed by atoms with E-state index in [0.717, 1.165) is 21.7 Å². The van der Waals surface area contributed by atoms with Crippen molar-refractivity contribution in [3.63, 3.8) is 0 Å². The lowest BCUT2D eigenvalue weighted by Gasteiger charge is -2.33. The van der Waals surface area contributed by atoms with Crippen LogP contribution in [0.3, 0.4) is 0 Å². The third kappa shape index (κ3) is 8.28. The fourth-order valence-electron chi connectivity index (χ4n) is 3.71. The zero-order valence-corrected chi connectivity index (χ0v) is 22.3. The molecule has 1 N–H and O–H groups in total. The van der Waals surface area contributed by atoms with Crippen LogP contribution in [0.4, 0.5) is 5.69 Å². The van der Waals surface area contributed by atoms with Crippen molar-refractivity contribution in [2.45, 2.75) is 46.7 Å². The van der Waals surface area contributed by atoms with Crippen molar-refractivity contribution in [2.75, 3.05) is 30.8 Å². The number of nitrogens with zero attached hydrogens (tertiary/aromatic N) is 2. The van der Waals surface area contributed by atoms with Crippen LogP contribution in [0.5, 0.6) is 5.75 Å². The second kappa shape index (κ2) is 12.6. The minimum absolute atomic E-state index is 0.189. The lowest BCUT2D eigenvalue weighted by atomic mass is 10.1. The Balaban J connectivity index is 2.41.